The van der Waals surface area contributed by atoms with E-state index in [-0.39, 0.29) is 6.29 Å². The maximum atomic E-state index is 11.0. The highest BCUT2D eigenvalue weighted by Crippen LogP contribution is 2.23. The Balaban J connectivity index is 2.83. The lowest BCUT2D eigenvalue weighted by Gasteiger charge is -2.41. The number of aliphatic carboxylic acids is 1. The van der Waals surface area contributed by atoms with Crippen LogP contribution < -0.4 is 0 Å². The van der Waals surface area contributed by atoms with Gasteiger partial charge < -0.3 is 55.1 Å². The quantitative estimate of drug-likeness (QED) is 0.191. The van der Waals surface area contributed by atoms with Gasteiger partial charge >= 0.3 is 5.97 Å². The van der Waals surface area contributed by atoms with Gasteiger partial charge in [0.25, 0.3) is 0 Å². The lowest BCUT2D eigenvalue weighted by atomic mass is 9.99. The van der Waals surface area contributed by atoms with Gasteiger partial charge in [-0.25, -0.2) is 4.79 Å². The van der Waals surface area contributed by atoms with Gasteiger partial charge in [-0.3, -0.25) is 0 Å². The molecule has 0 aromatic heterocycles. The van der Waals surface area contributed by atoms with Crippen LogP contribution in [0.3, 0.4) is 0 Å². The van der Waals surface area contributed by atoms with Gasteiger partial charge in [0, 0.05) is 0 Å². The topological polar surface area (TPSA) is 214 Å². The van der Waals surface area contributed by atoms with Crippen LogP contribution in [-0.4, -0.2) is 115 Å². The zero-order valence-corrected chi connectivity index (χ0v) is 12.2. The van der Waals surface area contributed by atoms with E-state index in [1.807, 2.05) is 0 Å². The molecule has 0 aromatic rings. The van der Waals surface area contributed by atoms with Crippen LogP contribution >= 0.6 is 0 Å². The van der Waals surface area contributed by atoms with Gasteiger partial charge in [0.05, 0.1) is 6.61 Å². The molecule has 1 fully saturated rings. The van der Waals surface area contributed by atoms with Crippen molar-refractivity contribution in [3.63, 3.8) is 0 Å². The molecule has 0 radical (unpaired) electrons. The number of ether oxygens (including phenoxy) is 2. The van der Waals surface area contributed by atoms with Crippen LogP contribution in [0.1, 0.15) is 0 Å². The molecule has 12 nitrogen and oxygen atoms in total. The van der Waals surface area contributed by atoms with Gasteiger partial charge in [0.2, 0.25) is 0 Å². The Morgan fingerprint density at radius 1 is 1.08 bits per heavy atom. The number of hydrogen-bond donors (Lipinski definition) is 8. The third-order valence-corrected chi connectivity index (χ3v) is 3.54. The van der Waals surface area contributed by atoms with Crippen LogP contribution in [0.4, 0.5) is 0 Å². The maximum absolute atomic E-state index is 11.0. The lowest BCUT2D eigenvalue weighted by molar-refractivity contribution is -0.315. The minimum atomic E-state index is -2.42. The van der Waals surface area contributed by atoms with E-state index in [0.29, 0.717) is 0 Å². The van der Waals surface area contributed by atoms with Gasteiger partial charge in [-0.1, -0.05) is 0 Å². The molecular formula is C12H20O12. The first-order valence-corrected chi connectivity index (χ1v) is 6.84. The molecule has 1 saturated heterocycles. The fourth-order valence-corrected chi connectivity index (χ4v) is 2.05. The summed E-state index contributed by atoms with van der Waals surface area (Å²) in [6.45, 7) is -0.764. The summed E-state index contributed by atoms with van der Waals surface area (Å²) in [7, 11) is 0. The van der Waals surface area contributed by atoms with E-state index in [0.717, 1.165) is 0 Å². The molecule has 0 amide bonds. The molecule has 9 atom stereocenters. The molecular weight excluding hydrogens is 336 g/mol. The number of aliphatic hydroxyl groups is 7. The summed E-state index contributed by atoms with van der Waals surface area (Å²) in [6, 6.07) is 0. The summed E-state index contributed by atoms with van der Waals surface area (Å²) in [5.41, 5.74) is 0. The largest absolute Gasteiger partial charge is 0.479 e. The molecule has 1 unspecified atom stereocenters. The second-order valence-corrected chi connectivity index (χ2v) is 5.20. The highest BCUT2D eigenvalue weighted by Gasteiger charge is 2.46. The Kier molecular flexibility index (Phi) is 7.59. The van der Waals surface area contributed by atoms with Crippen LogP contribution in [-0.2, 0) is 19.1 Å². The van der Waals surface area contributed by atoms with Crippen molar-refractivity contribution in [1.29, 1.82) is 0 Å². The van der Waals surface area contributed by atoms with Crippen molar-refractivity contribution in [1.82, 2.24) is 0 Å². The Bertz CT molecular complexity index is 428. The molecule has 140 valence electrons. The molecule has 1 rings (SSSR count). The predicted octanol–water partition coefficient (Wildman–Crippen LogP) is -5.46. The smallest absolute Gasteiger partial charge is 0.335 e. The van der Waals surface area contributed by atoms with Crippen LogP contribution in [0, 0.1) is 0 Å². The molecule has 0 saturated carbocycles. The monoisotopic (exact) mass is 356 g/mol. The summed E-state index contributed by atoms with van der Waals surface area (Å²) < 4.78 is 9.82. The Morgan fingerprint density at radius 3 is 2.12 bits per heavy atom. The summed E-state index contributed by atoms with van der Waals surface area (Å²) in [6.07, 6.45) is -17.4. The minimum Gasteiger partial charge on any atom is -0.479 e. The number of carbonyl (C=O) groups is 2. The van der Waals surface area contributed by atoms with Crippen LogP contribution in [0.5, 0.6) is 0 Å². The van der Waals surface area contributed by atoms with Gasteiger partial charge in [0.1, 0.15) is 42.7 Å². The Hall–Kier alpha value is -1.22. The number of aliphatic hydroxyl groups excluding tert-OH is 7. The first-order chi connectivity index (χ1) is 11.1. The molecule has 0 aromatic carbocycles. The molecule has 1 heterocycles. The van der Waals surface area contributed by atoms with Crippen molar-refractivity contribution in [3.8, 4) is 0 Å². The fraction of sp³-hybridized carbons (Fsp3) is 0.833. The number of rotatable bonds is 8. The zero-order chi connectivity index (χ0) is 18.6. The van der Waals surface area contributed by atoms with E-state index in [2.05, 4.69) is 0 Å². The first kappa shape index (κ1) is 20.8. The molecule has 1 aliphatic rings. The van der Waals surface area contributed by atoms with E-state index in [4.69, 9.17) is 24.8 Å². The summed E-state index contributed by atoms with van der Waals surface area (Å²) in [5, 5.41) is 74.8. The predicted molar refractivity (Wildman–Crippen MR) is 70.4 cm³/mol. The number of hydrogen-bond acceptors (Lipinski definition) is 11. The standard InChI is InChI=1S/C12H20O12/c13-1-3(5(15)7(17)9(19)11(21)22)23-12-10(20)8(18)6(16)4(2-14)24-12/h1,3-10,12,14-20H,2H2,(H,21,22)/t3-,4+,5+,6+,7-,8-,9-,10+,12?/m0/s1. The zero-order valence-electron chi connectivity index (χ0n) is 12.2. The van der Waals surface area contributed by atoms with Crippen LogP contribution in [0.15, 0.2) is 0 Å². The summed E-state index contributed by atoms with van der Waals surface area (Å²) in [5.74, 6) is -1.86. The van der Waals surface area contributed by atoms with E-state index in [1.54, 1.807) is 0 Å². The first-order valence-electron chi connectivity index (χ1n) is 6.84. The number of carbonyl (C=O) groups excluding carboxylic acids is 1. The van der Waals surface area contributed by atoms with Gasteiger partial charge in [0.15, 0.2) is 18.7 Å². The summed E-state index contributed by atoms with van der Waals surface area (Å²) >= 11 is 0. The van der Waals surface area contributed by atoms with Gasteiger partial charge in [-0.15, -0.1) is 0 Å². The highest BCUT2D eigenvalue weighted by molar-refractivity contribution is 5.73. The number of carboxylic acids is 1. The molecule has 0 spiro atoms. The molecule has 1 aliphatic heterocycles. The molecule has 0 bridgehead atoms. The van der Waals surface area contributed by atoms with E-state index >= 15 is 0 Å². The highest BCUT2D eigenvalue weighted by atomic mass is 16.7. The van der Waals surface area contributed by atoms with E-state index in [1.165, 1.54) is 0 Å². The van der Waals surface area contributed by atoms with Crippen molar-refractivity contribution >= 4 is 12.3 Å². The van der Waals surface area contributed by atoms with E-state index in [9.17, 15) is 35.1 Å². The molecule has 24 heavy (non-hydrogen) atoms. The van der Waals surface area contributed by atoms with Gasteiger partial charge in [-0.2, -0.15) is 0 Å². The summed E-state index contributed by atoms with van der Waals surface area (Å²) in [4.78, 5) is 21.6. The lowest BCUT2D eigenvalue weighted by Crippen LogP contribution is -2.61. The third-order valence-electron chi connectivity index (χ3n) is 3.54. The van der Waals surface area contributed by atoms with Crippen LogP contribution in [0.25, 0.3) is 0 Å². The van der Waals surface area contributed by atoms with Crippen molar-refractivity contribution in [2.24, 2.45) is 0 Å². The second-order valence-electron chi connectivity index (χ2n) is 5.20. The third kappa shape index (κ3) is 4.44. The average Bonchev–Trinajstić information content (AvgIpc) is 2.57. The number of carboxylic acid groups (broad SMARTS) is 1. The second kappa shape index (κ2) is 8.75. The van der Waals surface area contributed by atoms with Crippen molar-refractivity contribution in [2.45, 2.75) is 55.1 Å². The van der Waals surface area contributed by atoms with Gasteiger partial charge in [-0.05, 0) is 0 Å². The SMILES string of the molecule is O=C[C@H](OC1O[C@H](CO)[C@@H](O)[C@H](O)[C@H]1O)[C@@H](O)[C@H](O)[C@H](O)C(=O)O. The fourth-order valence-electron chi connectivity index (χ4n) is 2.05. The Labute approximate surface area is 135 Å². The molecule has 12 heteroatoms. The normalized spacial score (nSPS) is 35.7. The van der Waals surface area contributed by atoms with E-state index < -0.39 is 67.7 Å². The maximum Gasteiger partial charge on any atom is 0.335 e. The van der Waals surface area contributed by atoms with Crippen molar-refractivity contribution < 1.29 is 59.9 Å². The Morgan fingerprint density at radius 2 is 1.67 bits per heavy atom. The molecule has 0 aliphatic carbocycles. The van der Waals surface area contributed by atoms with Crippen molar-refractivity contribution in [3.05, 3.63) is 0 Å². The number of aldehydes is 1. The van der Waals surface area contributed by atoms with Crippen molar-refractivity contribution in [2.75, 3.05) is 6.61 Å². The van der Waals surface area contributed by atoms with Crippen LogP contribution in [0.2, 0.25) is 0 Å². The molecule has 8 N–H and O–H groups in total. The average molecular weight is 356 g/mol. The minimum absolute atomic E-state index is 0.0517.